The van der Waals surface area contributed by atoms with Crippen molar-refractivity contribution in [1.29, 1.82) is 0 Å². The number of aliphatic imine (C=N–C) groups is 1. The number of aromatic nitrogens is 2. The van der Waals surface area contributed by atoms with Crippen LogP contribution >= 0.6 is 35.6 Å². The summed E-state index contributed by atoms with van der Waals surface area (Å²) in [6.45, 7) is 8.75. The molecule has 0 aliphatic carbocycles. The van der Waals surface area contributed by atoms with Gasteiger partial charge < -0.3 is 24.8 Å². The molecule has 0 saturated carbocycles. The number of guanidine groups is 1. The van der Waals surface area contributed by atoms with Crippen LogP contribution in [-0.2, 0) is 11.2 Å². The molecule has 1 fully saturated rings. The smallest absolute Gasteiger partial charge is 0.228 e. The fourth-order valence-corrected chi connectivity index (χ4v) is 3.69. The molecule has 32 heavy (non-hydrogen) atoms. The van der Waals surface area contributed by atoms with E-state index in [1.54, 1.807) is 7.05 Å². The Morgan fingerprint density at radius 1 is 1.34 bits per heavy atom. The maximum atomic E-state index is 6.03. The second-order valence-corrected chi connectivity index (χ2v) is 8.39. The van der Waals surface area contributed by atoms with Gasteiger partial charge in [-0.3, -0.25) is 4.99 Å². The monoisotopic (exact) mass is 576 g/mol. The molecule has 0 radical (unpaired) electrons. The Morgan fingerprint density at radius 3 is 2.81 bits per heavy atom. The van der Waals surface area contributed by atoms with E-state index < -0.39 is 0 Å². The molecule has 2 heterocycles. The van der Waals surface area contributed by atoms with Crippen LogP contribution in [0.5, 0.6) is 0 Å². The van der Waals surface area contributed by atoms with Gasteiger partial charge in [0.2, 0.25) is 11.7 Å². The molecule has 1 aromatic heterocycles. The summed E-state index contributed by atoms with van der Waals surface area (Å²) in [5.41, 5.74) is 0.843. The SMILES string of the molecule is CN=C(NCCc1nc(-c2cccc(Cl)c2)no1)NC1CCN(CCOC(C)C)CC1.I. The third-order valence-corrected chi connectivity index (χ3v) is 5.43. The van der Waals surface area contributed by atoms with Crippen LogP contribution < -0.4 is 10.6 Å². The summed E-state index contributed by atoms with van der Waals surface area (Å²) in [6.07, 6.45) is 3.09. The summed E-state index contributed by atoms with van der Waals surface area (Å²) >= 11 is 6.03. The first-order valence-corrected chi connectivity index (χ1v) is 11.3. The van der Waals surface area contributed by atoms with Crippen molar-refractivity contribution in [3.63, 3.8) is 0 Å². The molecule has 1 aliphatic heterocycles. The van der Waals surface area contributed by atoms with Gasteiger partial charge in [0.15, 0.2) is 5.96 Å². The molecule has 2 N–H and O–H groups in total. The summed E-state index contributed by atoms with van der Waals surface area (Å²) in [5.74, 6) is 1.93. The lowest BCUT2D eigenvalue weighted by atomic mass is 10.1. The third-order valence-electron chi connectivity index (χ3n) is 5.19. The third kappa shape index (κ3) is 8.84. The van der Waals surface area contributed by atoms with E-state index in [1.165, 1.54) is 0 Å². The molecule has 178 valence electrons. The minimum atomic E-state index is 0. The molecule has 8 nitrogen and oxygen atoms in total. The number of benzene rings is 1. The van der Waals surface area contributed by atoms with Crippen LogP contribution in [0.3, 0.4) is 0 Å². The van der Waals surface area contributed by atoms with Gasteiger partial charge in [-0.25, -0.2) is 0 Å². The van der Waals surface area contributed by atoms with E-state index in [2.05, 4.69) is 44.5 Å². The van der Waals surface area contributed by atoms with E-state index >= 15 is 0 Å². The summed E-state index contributed by atoms with van der Waals surface area (Å²) < 4.78 is 11.0. The van der Waals surface area contributed by atoms with E-state index in [1.807, 2.05) is 24.3 Å². The first-order valence-electron chi connectivity index (χ1n) is 10.9. The van der Waals surface area contributed by atoms with Crippen LogP contribution in [0.4, 0.5) is 0 Å². The Labute approximate surface area is 212 Å². The number of hydrogen-bond acceptors (Lipinski definition) is 6. The van der Waals surface area contributed by atoms with Gasteiger partial charge in [0, 0.05) is 56.3 Å². The van der Waals surface area contributed by atoms with Gasteiger partial charge in [-0.2, -0.15) is 4.98 Å². The van der Waals surface area contributed by atoms with Gasteiger partial charge in [0.05, 0.1) is 12.7 Å². The summed E-state index contributed by atoms with van der Waals surface area (Å²) in [4.78, 5) is 11.3. The average Bonchev–Trinajstić information content (AvgIpc) is 3.23. The van der Waals surface area contributed by atoms with Crippen molar-refractivity contribution < 1.29 is 9.26 Å². The topological polar surface area (TPSA) is 87.8 Å². The highest BCUT2D eigenvalue weighted by atomic mass is 127. The maximum absolute atomic E-state index is 6.03. The van der Waals surface area contributed by atoms with Crippen LogP contribution in [0, 0.1) is 0 Å². The zero-order valence-corrected chi connectivity index (χ0v) is 22.1. The van der Waals surface area contributed by atoms with Gasteiger partial charge in [-0.15, -0.1) is 24.0 Å². The first kappa shape index (κ1) is 26.8. The molecule has 0 bridgehead atoms. The number of nitrogens with one attached hydrogen (secondary N) is 2. The fourth-order valence-electron chi connectivity index (χ4n) is 3.50. The number of hydrogen-bond donors (Lipinski definition) is 2. The highest BCUT2D eigenvalue weighted by Gasteiger charge is 2.20. The molecule has 0 unspecified atom stereocenters. The van der Waals surface area contributed by atoms with Gasteiger partial charge in [0.1, 0.15) is 0 Å². The van der Waals surface area contributed by atoms with Gasteiger partial charge in [-0.05, 0) is 38.8 Å². The molecule has 0 amide bonds. The Morgan fingerprint density at radius 2 is 2.12 bits per heavy atom. The average molecular weight is 577 g/mol. The second kappa shape index (κ2) is 14.0. The zero-order chi connectivity index (χ0) is 22.1. The number of halogens is 2. The van der Waals surface area contributed by atoms with Crippen LogP contribution in [0.1, 0.15) is 32.6 Å². The molecular formula is C22H34ClIN6O2. The summed E-state index contributed by atoms with van der Waals surface area (Å²) in [6, 6.07) is 7.84. The van der Waals surface area contributed by atoms with E-state index in [-0.39, 0.29) is 24.0 Å². The van der Waals surface area contributed by atoms with Crippen molar-refractivity contribution in [1.82, 2.24) is 25.7 Å². The molecular weight excluding hydrogens is 543 g/mol. The Hall–Kier alpha value is -1.43. The van der Waals surface area contributed by atoms with Gasteiger partial charge in [0.25, 0.3) is 0 Å². The first-order chi connectivity index (χ1) is 15.0. The Kier molecular flexibility index (Phi) is 11.7. The van der Waals surface area contributed by atoms with E-state index in [0.29, 0.717) is 41.8 Å². The molecule has 0 atom stereocenters. The van der Waals surface area contributed by atoms with Crippen LogP contribution in [0.15, 0.2) is 33.8 Å². The summed E-state index contributed by atoms with van der Waals surface area (Å²) in [5, 5.41) is 11.6. The lowest BCUT2D eigenvalue weighted by molar-refractivity contribution is 0.0532. The van der Waals surface area contributed by atoms with Crippen molar-refractivity contribution in [3.05, 3.63) is 35.2 Å². The lowest BCUT2D eigenvalue weighted by Gasteiger charge is -2.33. The van der Waals surface area contributed by atoms with Crippen molar-refractivity contribution >= 4 is 41.5 Å². The molecule has 3 rings (SSSR count). The number of ether oxygens (including phenoxy) is 1. The number of nitrogens with zero attached hydrogens (tertiary/aromatic N) is 4. The minimum Gasteiger partial charge on any atom is -0.377 e. The Bertz CT molecular complexity index is 839. The minimum absolute atomic E-state index is 0. The molecule has 0 spiro atoms. The van der Waals surface area contributed by atoms with E-state index in [4.69, 9.17) is 20.9 Å². The summed E-state index contributed by atoms with van der Waals surface area (Å²) in [7, 11) is 1.79. The quantitative estimate of drug-likeness (QED) is 0.268. The standard InChI is InChI=1S/C22H33ClN6O2.HI/c1-16(2)30-14-13-29-11-8-19(9-12-29)26-22(24-3)25-10-7-20-27-21(28-31-20)17-5-4-6-18(23)15-17;/h4-6,15-16,19H,7-14H2,1-3H3,(H2,24,25,26);1H. The van der Waals surface area contributed by atoms with E-state index in [0.717, 1.165) is 50.6 Å². The van der Waals surface area contributed by atoms with Gasteiger partial charge in [-0.1, -0.05) is 28.9 Å². The Balaban J connectivity index is 0.00000363. The molecule has 10 heteroatoms. The molecule has 1 saturated heterocycles. The van der Waals surface area contributed by atoms with Gasteiger partial charge >= 0.3 is 0 Å². The lowest BCUT2D eigenvalue weighted by Crippen LogP contribution is -2.49. The molecule has 1 aliphatic rings. The number of piperidine rings is 1. The van der Waals surface area contributed by atoms with E-state index in [9.17, 15) is 0 Å². The number of likely N-dealkylation sites (tertiary alicyclic amines) is 1. The highest BCUT2D eigenvalue weighted by Crippen LogP contribution is 2.20. The van der Waals surface area contributed by atoms with Crippen molar-refractivity contribution in [2.24, 2.45) is 4.99 Å². The van der Waals surface area contributed by atoms with Crippen molar-refractivity contribution in [2.45, 2.75) is 45.3 Å². The van der Waals surface area contributed by atoms with Crippen molar-refractivity contribution in [2.75, 3.05) is 39.8 Å². The van der Waals surface area contributed by atoms with Crippen LogP contribution in [0.2, 0.25) is 5.02 Å². The largest absolute Gasteiger partial charge is 0.377 e. The normalized spacial score (nSPS) is 15.6. The fraction of sp³-hybridized carbons (Fsp3) is 0.591. The van der Waals surface area contributed by atoms with Crippen molar-refractivity contribution in [3.8, 4) is 11.4 Å². The maximum Gasteiger partial charge on any atom is 0.228 e. The predicted octanol–water partition coefficient (Wildman–Crippen LogP) is 3.60. The van der Waals surface area contributed by atoms with Crippen LogP contribution in [-0.4, -0.2) is 73.0 Å². The highest BCUT2D eigenvalue weighted by molar-refractivity contribution is 14.0. The molecule has 1 aromatic carbocycles. The predicted molar refractivity (Wildman–Crippen MR) is 139 cm³/mol. The zero-order valence-electron chi connectivity index (χ0n) is 19.0. The molecule has 2 aromatic rings. The second-order valence-electron chi connectivity index (χ2n) is 7.95. The number of rotatable bonds is 9. The van der Waals surface area contributed by atoms with Crippen LogP contribution in [0.25, 0.3) is 11.4 Å².